The lowest BCUT2D eigenvalue weighted by atomic mass is 9.76. The predicted molar refractivity (Wildman–Crippen MR) is 40.0 cm³/mol. The first-order chi connectivity index (χ1) is 4.81. The maximum atomic E-state index is 5.45. The first-order valence-corrected chi connectivity index (χ1v) is 4.07. The van der Waals surface area contributed by atoms with Crippen LogP contribution in [0.1, 0.15) is 12.8 Å². The highest BCUT2D eigenvalue weighted by Crippen LogP contribution is 2.36. The quantitative estimate of drug-likeness (QED) is 0.493. The van der Waals surface area contributed by atoms with Crippen LogP contribution < -0.4 is 0 Å². The highest BCUT2D eigenvalue weighted by atomic mass is 16.5. The van der Waals surface area contributed by atoms with Gasteiger partial charge in [0.1, 0.15) is 0 Å². The molecule has 0 aromatic carbocycles. The molecule has 2 nitrogen and oxygen atoms in total. The molecule has 0 radical (unpaired) electrons. The van der Waals surface area contributed by atoms with Gasteiger partial charge in [0.15, 0.2) is 0 Å². The van der Waals surface area contributed by atoms with Crippen molar-refractivity contribution in [1.82, 2.24) is 4.90 Å². The van der Waals surface area contributed by atoms with E-state index >= 15 is 0 Å². The summed E-state index contributed by atoms with van der Waals surface area (Å²) in [6.45, 7) is 4.52. The van der Waals surface area contributed by atoms with Crippen molar-refractivity contribution in [2.75, 3.05) is 33.4 Å². The molecule has 0 saturated carbocycles. The molecule has 2 rings (SSSR count). The summed E-state index contributed by atoms with van der Waals surface area (Å²) in [5, 5.41) is 0. The SMILES string of the molecule is CN1CC2(CCCOC2)C1. The third kappa shape index (κ3) is 0.956. The highest BCUT2D eigenvalue weighted by molar-refractivity contribution is 4.94. The normalized spacial score (nSPS) is 32.1. The Balaban J connectivity index is 1.90. The standard InChI is InChI=1S/C8H15NO/c1-9-5-8(6-9)3-2-4-10-7-8/h2-7H2,1H3. The molecule has 2 aliphatic rings. The fourth-order valence-corrected chi connectivity index (χ4v) is 2.26. The average molecular weight is 141 g/mol. The summed E-state index contributed by atoms with van der Waals surface area (Å²) in [7, 11) is 2.18. The van der Waals surface area contributed by atoms with Gasteiger partial charge < -0.3 is 9.64 Å². The second kappa shape index (κ2) is 2.21. The Labute approximate surface area is 62.2 Å². The first kappa shape index (κ1) is 6.62. The van der Waals surface area contributed by atoms with Crippen LogP contribution in [0.2, 0.25) is 0 Å². The summed E-state index contributed by atoms with van der Waals surface area (Å²) in [5.41, 5.74) is 0.576. The number of likely N-dealkylation sites (tertiary alicyclic amines) is 1. The van der Waals surface area contributed by atoms with Gasteiger partial charge in [-0.25, -0.2) is 0 Å². The number of rotatable bonds is 0. The predicted octanol–water partition coefficient (Wildman–Crippen LogP) is 0.729. The van der Waals surface area contributed by atoms with E-state index < -0.39 is 0 Å². The number of nitrogens with zero attached hydrogens (tertiary/aromatic N) is 1. The van der Waals surface area contributed by atoms with Crippen LogP contribution in [0.4, 0.5) is 0 Å². The van der Waals surface area contributed by atoms with Crippen molar-refractivity contribution in [3.63, 3.8) is 0 Å². The molecule has 0 aromatic heterocycles. The van der Waals surface area contributed by atoms with Gasteiger partial charge in [-0.05, 0) is 19.9 Å². The topological polar surface area (TPSA) is 12.5 Å². The fourth-order valence-electron chi connectivity index (χ4n) is 2.26. The van der Waals surface area contributed by atoms with Gasteiger partial charge >= 0.3 is 0 Å². The first-order valence-electron chi connectivity index (χ1n) is 4.07. The molecule has 2 saturated heterocycles. The Morgan fingerprint density at radius 1 is 1.40 bits per heavy atom. The lowest BCUT2D eigenvalue weighted by Crippen LogP contribution is -2.57. The molecule has 0 N–H and O–H groups in total. The summed E-state index contributed by atoms with van der Waals surface area (Å²) < 4.78 is 5.45. The zero-order chi connectivity index (χ0) is 7.03. The van der Waals surface area contributed by atoms with Crippen LogP contribution in [0.3, 0.4) is 0 Å². The molecule has 0 aliphatic carbocycles. The van der Waals surface area contributed by atoms with Crippen LogP contribution in [0.25, 0.3) is 0 Å². The Bertz CT molecular complexity index is 114. The average Bonchev–Trinajstić information content (AvgIpc) is 1.87. The van der Waals surface area contributed by atoms with Gasteiger partial charge in [-0.3, -0.25) is 0 Å². The van der Waals surface area contributed by atoms with Crippen LogP contribution in [0, 0.1) is 5.41 Å². The van der Waals surface area contributed by atoms with E-state index in [1.807, 2.05) is 0 Å². The second-order valence-corrected chi connectivity index (χ2v) is 3.83. The Hall–Kier alpha value is -0.0800. The van der Waals surface area contributed by atoms with Crippen molar-refractivity contribution in [3.8, 4) is 0 Å². The number of hydrogen-bond donors (Lipinski definition) is 0. The number of hydrogen-bond acceptors (Lipinski definition) is 2. The molecule has 0 amide bonds. The molecular formula is C8H15NO. The van der Waals surface area contributed by atoms with Crippen LogP contribution >= 0.6 is 0 Å². The maximum absolute atomic E-state index is 5.45. The third-order valence-electron chi connectivity index (χ3n) is 2.61. The van der Waals surface area contributed by atoms with Crippen molar-refractivity contribution in [3.05, 3.63) is 0 Å². The molecule has 0 unspecified atom stereocenters. The van der Waals surface area contributed by atoms with Gasteiger partial charge in [0.05, 0.1) is 6.61 Å². The van der Waals surface area contributed by atoms with Crippen LogP contribution in [0.15, 0.2) is 0 Å². The summed E-state index contributed by atoms with van der Waals surface area (Å²) >= 11 is 0. The van der Waals surface area contributed by atoms with Gasteiger partial charge in [0, 0.05) is 25.1 Å². The van der Waals surface area contributed by atoms with Crippen molar-refractivity contribution < 1.29 is 4.74 Å². The van der Waals surface area contributed by atoms with Crippen molar-refractivity contribution in [2.24, 2.45) is 5.41 Å². The van der Waals surface area contributed by atoms with E-state index in [2.05, 4.69) is 11.9 Å². The molecule has 2 heterocycles. The van der Waals surface area contributed by atoms with E-state index in [1.54, 1.807) is 0 Å². The van der Waals surface area contributed by atoms with Gasteiger partial charge in [0.2, 0.25) is 0 Å². The molecule has 2 fully saturated rings. The third-order valence-corrected chi connectivity index (χ3v) is 2.61. The molecule has 2 aliphatic heterocycles. The van der Waals surface area contributed by atoms with Crippen LogP contribution in [-0.4, -0.2) is 38.3 Å². The van der Waals surface area contributed by atoms with Crippen molar-refractivity contribution in [2.45, 2.75) is 12.8 Å². The zero-order valence-corrected chi connectivity index (χ0v) is 6.60. The van der Waals surface area contributed by atoms with Gasteiger partial charge in [-0.15, -0.1) is 0 Å². The maximum Gasteiger partial charge on any atom is 0.0547 e. The van der Waals surface area contributed by atoms with Crippen LogP contribution in [0.5, 0.6) is 0 Å². The molecular weight excluding hydrogens is 126 g/mol. The van der Waals surface area contributed by atoms with E-state index in [-0.39, 0.29) is 0 Å². The Morgan fingerprint density at radius 2 is 2.20 bits per heavy atom. The number of ether oxygens (including phenoxy) is 1. The largest absolute Gasteiger partial charge is 0.381 e. The molecule has 0 bridgehead atoms. The monoisotopic (exact) mass is 141 g/mol. The van der Waals surface area contributed by atoms with Crippen molar-refractivity contribution in [1.29, 1.82) is 0 Å². The summed E-state index contributed by atoms with van der Waals surface area (Å²) in [6.07, 6.45) is 2.66. The zero-order valence-electron chi connectivity index (χ0n) is 6.60. The van der Waals surface area contributed by atoms with Crippen molar-refractivity contribution >= 4 is 0 Å². The summed E-state index contributed by atoms with van der Waals surface area (Å²) in [4.78, 5) is 2.37. The highest BCUT2D eigenvalue weighted by Gasteiger charge is 2.42. The summed E-state index contributed by atoms with van der Waals surface area (Å²) in [6, 6.07) is 0. The minimum Gasteiger partial charge on any atom is -0.381 e. The molecule has 1 spiro atoms. The Morgan fingerprint density at radius 3 is 2.70 bits per heavy atom. The molecule has 58 valence electrons. The van der Waals surface area contributed by atoms with Gasteiger partial charge in [-0.1, -0.05) is 0 Å². The molecule has 0 atom stereocenters. The smallest absolute Gasteiger partial charge is 0.0547 e. The van der Waals surface area contributed by atoms with Crippen LogP contribution in [-0.2, 0) is 4.74 Å². The Kier molecular flexibility index (Phi) is 1.46. The lowest BCUT2D eigenvalue weighted by molar-refractivity contribution is -0.0908. The fraction of sp³-hybridized carbons (Fsp3) is 1.00. The second-order valence-electron chi connectivity index (χ2n) is 3.83. The van der Waals surface area contributed by atoms with Gasteiger partial charge in [0.25, 0.3) is 0 Å². The van der Waals surface area contributed by atoms with E-state index in [4.69, 9.17) is 4.74 Å². The lowest BCUT2D eigenvalue weighted by Gasteiger charge is -2.50. The molecule has 0 aromatic rings. The van der Waals surface area contributed by atoms with Gasteiger partial charge in [-0.2, -0.15) is 0 Å². The summed E-state index contributed by atoms with van der Waals surface area (Å²) in [5.74, 6) is 0. The minimum atomic E-state index is 0.576. The molecule has 2 heteroatoms. The van der Waals surface area contributed by atoms with E-state index in [0.29, 0.717) is 5.41 Å². The van der Waals surface area contributed by atoms with E-state index in [0.717, 1.165) is 13.2 Å². The minimum absolute atomic E-state index is 0.576. The molecule has 10 heavy (non-hydrogen) atoms. The van der Waals surface area contributed by atoms with E-state index in [1.165, 1.54) is 25.9 Å². The van der Waals surface area contributed by atoms with E-state index in [9.17, 15) is 0 Å².